The minimum absolute atomic E-state index is 0.214. The van der Waals surface area contributed by atoms with Gasteiger partial charge in [0.05, 0.1) is 13.2 Å². The van der Waals surface area contributed by atoms with E-state index in [1.165, 1.54) is 22.0 Å². The van der Waals surface area contributed by atoms with Gasteiger partial charge in [-0.25, -0.2) is 14.4 Å². The third-order valence-corrected chi connectivity index (χ3v) is 5.40. The van der Waals surface area contributed by atoms with Crippen molar-refractivity contribution in [1.29, 1.82) is 0 Å². The highest BCUT2D eigenvalue weighted by molar-refractivity contribution is 5.86. The zero-order chi connectivity index (χ0) is 22.8. The molecule has 0 N–H and O–H groups in total. The Morgan fingerprint density at radius 3 is 2.48 bits per heavy atom. The standard InChI is InChI=1S/C22H31N3O6/c1-22(2,3)31-21(28)23(4)12-16-11-17-13-24(18(16)19(26)29-5)20(27)25(17)30-14-15-9-7-6-8-10-15/h6-10,16-18H,11-14H2,1-5H3/t16-,17-,18-/m1/s1. The molecule has 2 bridgehead atoms. The highest BCUT2D eigenvalue weighted by Crippen LogP contribution is 2.35. The predicted molar refractivity (Wildman–Crippen MR) is 112 cm³/mol. The minimum Gasteiger partial charge on any atom is -0.467 e. The Kier molecular flexibility index (Phi) is 6.74. The SMILES string of the molecule is COC(=O)[C@H]1[C@@H](CN(C)C(=O)OC(C)(C)C)C[C@@H]2CN1C(=O)N2OCc1ccccc1. The fraction of sp³-hybridized carbons (Fsp3) is 0.591. The molecule has 3 atom stereocenters. The molecule has 0 unspecified atom stereocenters. The molecule has 1 aromatic rings. The summed E-state index contributed by atoms with van der Waals surface area (Å²) in [5, 5.41) is 1.36. The van der Waals surface area contributed by atoms with Crippen LogP contribution in [-0.2, 0) is 25.7 Å². The lowest BCUT2D eigenvalue weighted by Gasteiger charge is -2.37. The number of nitrogens with zero attached hydrogens (tertiary/aromatic N) is 3. The predicted octanol–water partition coefficient (Wildman–Crippen LogP) is 2.65. The van der Waals surface area contributed by atoms with Crippen molar-refractivity contribution in [3.05, 3.63) is 35.9 Å². The Bertz CT molecular complexity index is 809. The number of carbonyl (C=O) groups excluding carboxylic acids is 3. The maximum atomic E-state index is 13.0. The van der Waals surface area contributed by atoms with E-state index >= 15 is 0 Å². The van der Waals surface area contributed by atoms with Crippen LogP contribution in [0.1, 0.15) is 32.8 Å². The van der Waals surface area contributed by atoms with E-state index in [0.717, 1.165) is 5.56 Å². The molecule has 9 nitrogen and oxygen atoms in total. The molecule has 0 aromatic heterocycles. The van der Waals surface area contributed by atoms with Crippen molar-refractivity contribution < 1.29 is 28.7 Å². The number of hydroxylamine groups is 2. The smallest absolute Gasteiger partial charge is 0.410 e. The van der Waals surface area contributed by atoms with Gasteiger partial charge in [-0.3, -0.25) is 4.84 Å². The second kappa shape index (κ2) is 9.13. The zero-order valence-electron chi connectivity index (χ0n) is 18.7. The molecule has 1 aromatic carbocycles. The quantitative estimate of drug-likeness (QED) is 0.641. The molecular weight excluding hydrogens is 402 g/mol. The first kappa shape index (κ1) is 22.9. The zero-order valence-corrected chi connectivity index (χ0v) is 18.7. The van der Waals surface area contributed by atoms with Crippen molar-refractivity contribution >= 4 is 18.1 Å². The van der Waals surface area contributed by atoms with Crippen LogP contribution < -0.4 is 0 Å². The van der Waals surface area contributed by atoms with Crippen molar-refractivity contribution in [3.63, 3.8) is 0 Å². The summed E-state index contributed by atoms with van der Waals surface area (Å²) in [5.41, 5.74) is 0.317. The summed E-state index contributed by atoms with van der Waals surface area (Å²) >= 11 is 0. The summed E-state index contributed by atoms with van der Waals surface area (Å²) in [5.74, 6) is -0.808. The van der Waals surface area contributed by atoms with Gasteiger partial charge in [0, 0.05) is 26.1 Å². The summed E-state index contributed by atoms with van der Waals surface area (Å²) in [7, 11) is 2.92. The van der Waals surface area contributed by atoms with E-state index in [1.54, 1.807) is 27.8 Å². The van der Waals surface area contributed by atoms with Crippen molar-refractivity contribution in [2.24, 2.45) is 5.92 Å². The molecule has 31 heavy (non-hydrogen) atoms. The van der Waals surface area contributed by atoms with E-state index in [0.29, 0.717) is 13.0 Å². The summed E-state index contributed by atoms with van der Waals surface area (Å²) in [6.45, 7) is 6.26. The number of methoxy groups -OCH3 is 1. The third kappa shape index (κ3) is 5.28. The highest BCUT2D eigenvalue weighted by atomic mass is 16.7. The highest BCUT2D eigenvalue weighted by Gasteiger charge is 2.53. The van der Waals surface area contributed by atoms with Crippen molar-refractivity contribution in [2.45, 2.75) is 51.5 Å². The van der Waals surface area contributed by atoms with Crippen molar-refractivity contribution in [1.82, 2.24) is 14.9 Å². The Morgan fingerprint density at radius 1 is 1.19 bits per heavy atom. The second-order valence-electron chi connectivity index (χ2n) is 9.00. The maximum Gasteiger partial charge on any atom is 0.410 e. The van der Waals surface area contributed by atoms with E-state index in [-0.39, 0.29) is 31.1 Å². The normalized spacial score (nSPS) is 23.0. The number of rotatable bonds is 6. The Labute approximate surface area is 182 Å². The van der Waals surface area contributed by atoms with Crippen LogP contribution in [0.3, 0.4) is 0 Å². The van der Waals surface area contributed by atoms with Crippen molar-refractivity contribution in [3.8, 4) is 0 Å². The molecule has 2 aliphatic heterocycles. The maximum absolute atomic E-state index is 13.0. The lowest BCUT2D eigenvalue weighted by molar-refractivity contribution is -0.150. The average molecular weight is 434 g/mol. The monoisotopic (exact) mass is 433 g/mol. The molecule has 0 radical (unpaired) electrons. The summed E-state index contributed by atoms with van der Waals surface area (Å²) in [4.78, 5) is 46.7. The summed E-state index contributed by atoms with van der Waals surface area (Å²) in [6, 6.07) is 8.20. The first-order valence-corrected chi connectivity index (χ1v) is 10.4. The molecule has 0 saturated carbocycles. The van der Waals surface area contributed by atoms with E-state index in [1.807, 2.05) is 30.3 Å². The Hall–Kier alpha value is -2.81. The van der Waals surface area contributed by atoms with Crippen LogP contribution in [0.25, 0.3) is 0 Å². The van der Waals surface area contributed by atoms with Gasteiger partial charge in [0.15, 0.2) is 0 Å². The van der Waals surface area contributed by atoms with Gasteiger partial charge in [-0.05, 0) is 32.8 Å². The molecule has 9 heteroatoms. The van der Waals surface area contributed by atoms with Gasteiger partial charge in [0.25, 0.3) is 0 Å². The van der Waals surface area contributed by atoms with Crippen molar-refractivity contribution in [2.75, 3.05) is 27.2 Å². The van der Waals surface area contributed by atoms with Gasteiger partial charge in [-0.2, -0.15) is 5.06 Å². The number of ether oxygens (including phenoxy) is 2. The van der Waals surface area contributed by atoms with Gasteiger partial charge >= 0.3 is 18.1 Å². The van der Waals surface area contributed by atoms with Crippen LogP contribution in [0.2, 0.25) is 0 Å². The van der Waals surface area contributed by atoms with Crippen LogP contribution in [0, 0.1) is 5.92 Å². The summed E-state index contributed by atoms with van der Waals surface area (Å²) in [6.07, 6.45) is 0.0248. The van der Waals surface area contributed by atoms with Gasteiger partial charge in [0.1, 0.15) is 18.2 Å². The summed E-state index contributed by atoms with van der Waals surface area (Å²) < 4.78 is 10.4. The minimum atomic E-state index is -0.788. The van der Waals surface area contributed by atoms with Gasteiger partial charge in [-0.15, -0.1) is 0 Å². The molecule has 2 saturated heterocycles. The lowest BCUT2D eigenvalue weighted by Crippen LogP contribution is -2.54. The second-order valence-corrected chi connectivity index (χ2v) is 9.00. The number of fused-ring (bicyclic) bond motifs is 2. The molecule has 0 spiro atoms. The topological polar surface area (TPSA) is 88.6 Å². The van der Waals surface area contributed by atoms with E-state index < -0.39 is 23.7 Å². The third-order valence-electron chi connectivity index (χ3n) is 5.40. The van der Waals surface area contributed by atoms with Gasteiger partial charge in [-0.1, -0.05) is 30.3 Å². The number of amides is 3. The molecule has 2 aliphatic rings. The van der Waals surface area contributed by atoms with Crippen LogP contribution in [-0.4, -0.2) is 77.9 Å². The lowest BCUT2D eigenvalue weighted by atomic mass is 9.87. The number of hydrogen-bond donors (Lipinski definition) is 0. The number of piperidine rings is 1. The molecule has 2 fully saturated rings. The number of urea groups is 1. The van der Waals surface area contributed by atoms with Crippen LogP contribution >= 0.6 is 0 Å². The fourth-order valence-corrected chi connectivity index (χ4v) is 4.06. The van der Waals surface area contributed by atoms with Crippen LogP contribution in [0.15, 0.2) is 30.3 Å². The Morgan fingerprint density at radius 2 is 1.87 bits per heavy atom. The molecule has 3 amide bonds. The number of hydrogen-bond acceptors (Lipinski definition) is 6. The van der Waals surface area contributed by atoms with E-state index in [2.05, 4.69) is 0 Å². The van der Waals surface area contributed by atoms with Gasteiger partial charge < -0.3 is 19.3 Å². The molecule has 2 heterocycles. The fourth-order valence-electron chi connectivity index (χ4n) is 4.06. The number of esters is 1. The molecular formula is C22H31N3O6. The van der Waals surface area contributed by atoms with Crippen LogP contribution in [0.5, 0.6) is 0 Å². The first-order valence-electron chi connectivity index (χ1n) is 10.4. The molecule has 170 valence electrons. The largest absolute Gasteiger partial charge is 0.467 e. The number of carbonyl (C=O) groups is 3. The average Bonchev–Trinajstić information content (AvgIpc) is 2.95. The van der Waals surface area contributed by atoms with Gasteiger partial charge in [0.2, 0.25) is 0 Å². The molecule has 3 rings (SSSR count). The first-order chi connectivity index (χ1) is 14.6. The molecule has 0 aliphatic carbocycles. The van der Waals surface area contributed by atoms with E-state index in [4.69, 9.17) is 14.3 Å². The van der Waals surface area contributed by atoms with E-state index in [9.17, 15) is 14.4 Å². The Balaban J connectivity index is 1.73. The van der Waals surface area contributed by atoms with Crippen LogP contribution in [0.4, 0.5) is 9.59 Å². The number of benzene rings is 1.